The molecule has 0 aliphatic carbocycles. The number of hydrogen-bond acceptors (Lipinski definition) is 4. The average molecular weight is 461 g/mol. The molecule has 2 aromatic heterocycles. The molecule has 0 atom stereocenters. The van der Waals surface area contributed by atoms with Crippen LogP contribution < -0.4 is 5.32 Å². The smallest absolute Gasteiger partial charge is 0.412 e. The molecule has 4 rings (SSSR count). The highest BCUT2D eigenvalue weighted by Crippen LogP contribution is 2.34. The number of amides is 1. The van der Waals surface area contributed by atoms with Crippen molar-refractivity contribution in [1.29, 1.82) is 0 Å². The molecule has 0 saturated heterocycles. The summed E-state index contributed by atoms with van der Waals surface area (Å²) < 4.78 is 5.36. The molecule has 1 amide bonds. The van der Waals surface area contributed by atoms with Crippen molar-refractivity contribution in [2.45, 2.75) is 32.8 Å². The van der Waals surface area contributed by atoms with Gasteiger partial charge in [0.1, 0.15) is 11.3 Å². The quantitative estimate of drug-likeness (QED) is 0.346. The van der Waals surface area contributed by atoms with E-state index >= 15 is 0 Å². The van der Waals surface area contributed by atoms with Gasteiger partial charge in [-0.2, -0.15) is 5.10 Å². The fraction of sp³-hybridized carbons (Fsp3) is 0.192. The van der Waals surface area contributed by atoms with Crippen molar-refractivity contribution in [2.75, 3.05) is 5.32 Å². The molecular weight excluding hydrogens is 436 g/mol. The van der Waals surface area contributed by atoms with Crippen molar-refractivity contribution in [3.63, 3.8) is 0 Å². The SMILES string of the molecule is CC(C)(C)OC(=O)Nc1cccc(Cc2[nH]nc(-c3ccc(Cl)cc3)c2-c2ccncc2)c1. The first-order valence-electron chi connectivity index (χ1n) is 10.6. The molecule has 168 valence electrons. The monoisotopic (exact) mass is 460 g/mol. The van der Waals surface area contributed by atoms with Crippen LogP contribution in [0.25, 0.3) is 22.4 Å². The van der Waals surface area contributed by atoms with Crippen molar-refractivity contribution in [1.82, 2.24) is 15.2 Å². The summed E-state index contributed by atoms with van der Waals surface area (Å²) in [5, 5.41) is 11.3. The molecule has 0 unspecified atom stereocenters. The number of nitrogens with zero attached hydrogens (tertiary/aromatic N) is 2. The number of carbonyl (C=O) groups excluding carboxylic acids is 1. The number of aromatic amines is 1. The maximum atomic E-state index is 12.2. The molecule has 2 N–H and O–H groups in total. The minimum atomic E-state index is -0.560. The second-order valence-electron chi connectivity index (χ2n) is 8.67. The molecule has 2 aromatic carbocycles. The maximum Gasteiger partial charge on any atom is 0.412 e. The van der Waals surface area contributed by atoms with Gasteiger partial charge in [-0.25, -0.2) is 4.79 Å². The number of carbonyl (C=O) groups is 1. The minimum absolute atomic E-state index is 0.483. The van der Waals surface area contributed by atoms with Gasteiger partial charge in [-0.3, -0.25) is 15.4 Å². The lowest BCUT2D eigenvalue weighted by Gasteiger charge is -2.19. The van der Waals surface area contributed by atoms with Crippen molar-refractivity contribution >= 4 is 23.4 Å². The fourth-order valence-electron chi connectivity index (χ4n) is 3.54. The normalized spacial score (nSPS) is 11.3. The number of rotatable bonds is 5. The largest absolute Gasteiger partial charge is 0.444 e. The van der Waals surface area contributed by atoms with Crippen LogP contribution in [0.1, 0.15) is 32.0 Å². The lowest BCUT2D eigenvalue weighted by Crippen LogP contribution is -2.27. The van der Waals surface area contributed by atoms with Gasteiger partial charge in [-0.1, -0.05) is 35.9 Å². The van der Waals surface area contributed by atoms with Crippen LogP contribution >= 0.6 is 11.6 Å². The summed E-state index contributed by atoms with van der Waals surface area (Å²) in [5.74, 6) is 0. The van der Waals surface area contributed by atoms with E-state index in [0.717, 1.165) is 33.6 Å². The first-order chi connectivity index (χ1) is 15.8. The summed E-state index contributed by atoms with van der Waals surface area (Å²) in [5.41, 5.74) is 5.92. The van der Waals surface area contributed by atoms with E-state index in [9.17, 15) is 4.79 Å². The number of hydrogen-bond donors (Lipinski definition) is 2. The third-order valence-corrected chi connectivity index (χ3v) is 5.13. The molecule has 0 fully saturated rings. The molecular formula is C26H25ClN4O2. The van der Waals surface area contributed by atoms with Crippen LogP contribution in [0, 0.1) is 0 Å². The lowest BCUT2D eigenvalue weighted by molar-refractivity contribution is 0.0636. The number of H-pyrrole nitrogens is 1. The van der Waals surface area contributed by atoms with Gasteiger partial charge < -0.3 is 4.74 Å². The Morgan fingerprint density at radius 1 is 1.03 bits per heavy atom. The predicted octanol–water partition coefficient (Wildman–Crippen LogP) is 6.73. The summed E-state index contributed by atoms with van der Waals surface area (Å²) in [6, 6.07) is 19.2. The zero-order valence-corrected chi connectivity index (χ0v) is 19.5. The van der Waals surface area contributed by atoms with Crippen LogP contribution in [-0.2, 0) is 11.2 Å². The molecule has 6 nitrogen and oxygen atoms in total. The van der Waals surface area contributed by atoms with E-state index in [1.54, 1.807) is 12.4 Å². The minimum Gasteiger partial charge on any atom is -0.444 e. The number of ether oxygens (including phenoxy) is 1. The Bertz CT molecular complexity index is 1250. The molecule has 33 heavy (non-hydrogen) atoms. The molecule has 0 saturated carbocycles. The maximum absolute atomic E-state index is 12.2. The average Bonchev–Trinajstić information content (AvgIpc) is 3.17. The van der Waals surface area contributed by atoms with Crippen molar-refractivity contribution in [2.24, 2.45) is 0 Å². The Balaban J connectivity index is 1.65. The highest BCUT2D eigenvalue weighted by Gasteiger charge is 2.18. The standard InChI is InChI=1S/C26H25ClN4O2/c1-26(2,3)33-25(32)29-21-6-4-5-17(15-21)16-22-23(18-11-13-28-14-12-18)24(31-30-22)19-7-9-20(27)10-8-19/h4-15H,16H2,1-3H3,(H,29,32)(H,30,31). The Hall–Kier alpha value is -3.64. The zero-order valence-electron chi connectivity index (χ0n) is 18.7. The molecule has 0 radical (unpaired) electrons. The number of aromatic nitrogens is 3. The van der Waals surface area contributed by atoms with Crippen LogP contribution in [-0.4, -0.2) is 26.9 Å². The van der Waals surface area contributed by atoms with Gasteiger partial charge in [-0.05, 0) is 68.3 Å². The molecule has 0 bridgehead atoms. The third-order valence-electron chi connectivity index (χ3n) is 4.88. The number of anilines is 1. The summed E-state index contributed by atoms with van der Waals surface area (Å²) in [6.07, 6.45) is 3.65. The van der Waals surface area contributed by atoms with E-state index in [-0.39, 0.29) is 0 Å². The molecule has 0 aliphatic rings. The first kappa shape index (κ1) is 22.6. The van der Waals surface area contributed by atoms with Crippen LogP contribution in [0.4, 0.5) is 10.5 Å². The summed E-state index contributed by atoms with van der Waals surface area (Å²) in [4.78, 5) is 16.3. The number of benzene rings is 2. The van der Waals surface area contributed by atoms with Gasteiger partial charge in [0, 0.05) is 46.3 Å². The fourth-order valence-corrected chi connectivity index (χ4v) is 3.66. The lowest BCUT2D eigenvalue weighted by atomic mass is 9.96. The van der Waals surface area contributed by atoms with Gasteiger partial charge in [0.2, 0.25) is 0 Å². The number of halogens is 1. The molecule has 0 aliphatic heterocycles. The Kier molecular flexibility index (Phi) is 6.47. The van der Waals surface area contributed by atoms with E-state index in [2.05, 4.69) is 20.5 Å². The Morgan fingerprint density at radius 3 is 2.45 bits per heavy atom. The number of nitrogens with one attached hydrogen (secondary N) is 2. The summed E-state index contributed by atoms with van der Waals surface area (Å²) in [6.45, 7) is 5.50. The van der Waals surface area contributed by atoms with Crippen molar-refractivity contribution < 1.29 is 9.53 Å². The molecule has 4 aromatic rings. The molecule has 0 spiro atoms. The highest BCUT2D eigenvalue weighted by molar-refractivity contribution is 6.30. The van der Waals surface area contributed by atoms with Crippen molar-refractivity contribution in [3.05, 3.63) is 89.3 Å². The second kappa shape index (κ2) is 9.46. The highest BCUT2D eigenvalue weighted by atomic mass is 35.5. The first-order valence-corrected chi connectivity index (χ1v) is 11.0. The predicted molar refractivity (Wildman–Crippen MR) is 131 cm³/mol. The van der Waals surface area contributed by atoms with Gasteiger partial charge >= 0.3 is 6.09 Å². The van der Waals surface area contributed by atoms with E-state index in [4.69, 9.17) is 16.3 Å². The summed E-state index contributed by atoms with van der Waals surface area (Å²) in [7, 11) is 0. The van der Waals surface area contributed by atoms with Crippen LogP contribution in [0.3, 0.4) is 0 Å². The second-order valence-corrected chi connectivity index (χ2v) is 9.11. The Morgan fingerprint density at radius 2 is 1.76 bits per heavy atom. The topological polar surface area (TPSA) is 79.9 Å². The zero-order chi connectivity index (χ0) is 23.4. The van der Waals surface area contributed by atoms with Crippen LogP contribution in [0.2, 0.25) is 5.02 Å². The van der Waals surface area contributed by atoms with Gasteiger partial charge in [0.25, 0.3) is 0 Å². The van der Waals surface area contributed by atoms with Crippen LogP contribution in [0.5, 0.6) is 0 Å². The number of pyridine rings is 1. The van der Waals surface area contributed by atoms with Gasteiger partial charge in [0.05, 0.1) is 0 Å². The van der Waals surface area contributed by atoms with Gasteiger partial charge in [-0.15, -0.1) is 0 Å². The van der Waals surface area contributed by atoms with Crippen LogP contribution in [0.15, 0.2) is 73.1 Å². The summed E-state index contributed by atoms with van der Waals surface area (Å²) >= 11 is 6.08. The van der Waals surface area contributed by atoms with E-state index < -0.39 is 11.7 Å². The van der Waals surface area contributed by atoms with E-state index in [1.165, 1.54) is 0 Å². The molecule has 2 heterocycles. The van der Waals surface area contributed by atoms with Gasteiger partial charge in [0.15, 0.2) is 0 Å². The van der Waals surface area contributed by atoms with E-state index in [1.807, 2.05) is 81.4 Å². The van der Waals surface area contributed by atoms with Crippen molar-refractivity contribution in [3.8, 4) is 22.4 Å². The third kappa shape index (κ3) is 5.79. The molecule has 7 heteroatoms. The Labute approximate surface area is 198 Å². The van der Waals surface area contributed by atoms with E-state index in [0.29, 0.717) is 17.1 Å².